The number of carbonyl (C=O) groups is 2. The van der Waals surface area contributed by atoms with E-state index in [0.717, 1.165) is 89.9 Å². The predicted octanol–water partition coefficient (Wildman–Crippen LogP) is 18.7. The van der Waals surface area contributed by atoms with Gasteiger partial charge < -0.3 is 14.2 Å². The van der Waals surface area contributed by atoms with E-state index in [1.54, 1.807) is 0 Å². The Bertz CT molecular complexity index is 1150. The number of hydrogen-bond acceptors (Lipinski definition) is 5. The minimum absolute atomic E-state index is 0.0709. The Labute approximate surface area is 397 Å². The van der Waals surface area contributed by atoms with Crippen molar-refractivity contribution in [2.45, 2.75) is 271 Å². The minimum Gasteiger partial charge on any atom is -0.462 e. The quantitative estimate of drug-likeness (QED) is 0.0346. The van der Waals surface area contributed by atoms with Gasteiger partial charge in [-0.2, -0.15) is 0 Å². The molecule has 0 saturated heterocycles. The SMILES string of the molecule is CC/C=C\C/C=C\C/C=C\C/C=C\CCCCCCCCC(=O)OCC(COCCCCCCCC/C=C\CCCCCC)OC(=O)CCCCCCC/C=C\CCCCCCCC. The molecule has 1 atom stereocenters. The van der Waals surface area contributed by atoms with E-state index >= 15 is 0 Å². The molecule has 0 aliphatic heterocycles. The van der Waals surface area contributed by atoms with Crippen molar-refractivity contribution in [3.8, 4) is 0 Å². The first kappa shape index (κ1) is 61.3. The van der Waals surface area contributed by atoms with Crippen molar-refractivity contribution in [1.29, 1.82) is 0 Å². The first-order valence-electron chi connectivity index (χ1n) is 27.5. The fraction of sp³-hybridized carbons (Fsp3) is 0.763. The molecule has 0 aliphatic carbocycles. The maximum atomic E-state index is 12.8. The van der Waals surface area contributed by atoms with Crippen LogP contribution in [0.1, 0.15) is 265 Å². The van der Waals surface area contributed by atoms with Gasteiger partial charge in [-0.05, 0) is 109 Å². The molecule has 370 valence electrons. The van der Waals surface area contributed by atoms with Gasteiger partial charge in [0.05, 0.1) is 6.61 Å². The lowest BCUT2D eigenvalue weighted by molar-refractivity contribution is -0.163. The van der Waals surface area contributed by atoms with Gasteiger partial charge in [0.25, 0.3) is 0 Å². The molecule has 0 aromatic heterocycles. The lowest BCUT2D eigenvalue weighted by atomic mass is 10.1. The van der Waals surface area contributed by atoms with E-state index < -0.39 is 6.10 Å². The molecule has 1 unspecified atom stereocenters. The maximum Gasteiger partial charge on any atom is 0.306 e. The van der Waals surface area contributed by atoms with Gasteiger partial charge in [0.15, 0.2) is 6.10 Å². The van der Waals surface area contributed by atoms with Crippen LogP contribution in [0.15, 0.2) is 72.9 Å². The monoisotopic (exact) mass is 893 g/mol. The second-order valence-electron chi connectivity index (χ2n) is 18.1. The van der Waals surface area contributed by atoms with Crippen LogP contribution in [0, 0.1) is 0 Å². The van der Waals surface area contributed by atoms with E-state index in [9.17, 15) is 9.59 Å². The highest BCUT2D eigenvalue weighted by Gasteiger charge is 2.17. The van der Waals surface area contributed by atoms with E-state index in [2.05, 4.69) is 93.7 Å². The smallest absolute Gasteiger partial charge is 0.306 e. The van der Waals surface area contributed by atoms with Crippen molar-refractivity contribution >= 4 is 11.9 Å². The number of hydrogen-bond donors (Lipinski definition) is 0. The Balaban J connectivity index is 4.30. The molecule has 0 saturated carbocycles. The number of carbonyl (C=O) groups excluding carboxylic acids is 2. The van der Waals surface area contributed by atoms with Crippen molar-refractivity contribution < 1.29 is 23.8 Å². The van der Waals surface area contributed by atoms with Crippen LogP contribution in [-0.4, -0.2) is 37.9 Å². The predicted molar refractivity (Wildman–Crippen MR) is 279 cm³/mol. The molecule has 0 N–H and O–H groups in total. The summed E-state index contributed by atoms with van der Waals surface area (Å²) in [6.07, 6.45) is 70.5. The van der Waals surface area contributed by atoms with E-state index in [0.29, 0.717) is 19.4 Å². The first-order valence-corrected chi connectivity index (χ1v) is 27.5. The highest BCUT2D eigenvalue weighted by Crippen LogP contribution is 2.14. The second-order valence-corrected chi connectivity index (χ2v) is 18.1. The minimum atomic E-state index is -0.551. The van der Waals surface area contributed by atoms with Gasteiger partial charge in [-0.1, -0.05) is 216 Å². The first-order chi connectivity index (χ1) is 31.6. The van der Waals surface area contributed by atoms with Crippen LogP contribution in [0.5, 0.6) is 0 Å². The van der Waals surface area contributed by atoms with Crippen molar-refractivity contribution in [3.63, 3.8) is 0 Å². The van der Waals surface area contributed by atoms with E-state index in [1.165, 1.54) is 141 Å². The molecule has 0 rings (SSSR count). The fourth-order valence-corrected chi connectivity index (χ4v) is 7.61. The van der Waals surface area contributed by atoms with E-state index in [4.69, 9.17) is 14.2 Å². The van der Waals surface area contributed by atoms with Crippen LogP contribution in [0.2, 0.25) is 0 Å². The Morgan fingerprint density at radius 2 is 0.703 bits per heavy atom. The summed E-state index contributed by atoms with van der Waals surface area (Å²) in [6, 6.07) is 0. The zero-order valence-electron chi connectivity index (χ0n) is 42.5. The van der Waals surface area contributed by atoms with Crippen molar-refractivity contribution in [2.75, 3.05) is 19.8 Å². The van der Waals surface area contributed by atoms with Crippen LogP contribution in [-0.2, 0) is 23.8 Å². The Morgan fingerprint density at radius 1 is 0.359 bits per heavy atom. The van der Waals surface area contributed by atoms with Crippen molar-refractivity contribution in [1.82, 2.24) is 0 Å². The molecule has 64 heavy (non-hydrogen) atoms. The number of allylic oxidation sites excluding steroid dienone is 12. The third-order valence-electron chi connectivity index (χ3n) is 11.7. The molecule has 0 heterocycles. The number of esters is 2. The maximum absolute atomic E-state index is 12.8. The summed E-state index contributed by atoms with van der Waals surface area (Å²) in [5.74, 6) is -0.421. The topological polar surface area (TPSA) is 61.8 Å². The summed E-state index contributed by atoms with van der Waals surface area (Å²) in [5.41, 5.74) is 0. The molecule has 0 fully saturated rings. The average molecular weight is 893 g/mol. The molecular formula is C59H104O5. The lowest BCUT2D eigenvalue weighted by Gasteiger charge is -2.18. The standard InChI is InChI=1S/C59H104O5/c1-4-7-10-13-16-19-22-25-28-29-30-31-33-34-37-40-43-46-49-52-58(60)63-56-57(55-62-54-51-48-45-42-39-36-27-24-21-18-15-12-9-6-3)64-59(61)53-50-47-44-41-38-35-32-26-23-20-17-14-11-8-5-2/h7,10,16,19,21,24-26,28,30-32,57H,4-6,8-9,11-15,17-18,20,22-23,27,29,33-56H2,1-3H3/b10-7-,19-16-,24-21-,28-25-,31-30-,32-26-. The molecule has 5 nitrogen and oxygen atoms in total. The van der Waals surface area contributed by atoms with Crippen LogP contribution in [0.3, 0.4) is 0 Å². The summed E-state index contributed by atoms with van der Waals surface area (Å²) in [4.78, 5) is 25.5. The Hall–Kier alpha value is -2.66. The van der Waals surface area contributed by atoms with Crippen LogP contribution in [0.4, 0.5) is 0 Å². The summed E-state index contributed by atoms with van der Waals surface area (Å²) in [5, 5.41) is 0. The fourth-order valence-electron chi connectivity index (χ4n) is 7.61. The van der Waals surface area contributed by atoms with Gasteiger partial charge >= 0.3 is 11.9 Å². The number of ether oxygens (including phenoxy) is 3. The summed E-state index contributed by atoms with van der Waals surface area (Å²) >= 11 is 0. The zero-order valence-corrected chi connectivity index (χ0v) is 42.5. The van der Waals surface area contributed by atoms with Crippen LogP contribution >= 0.6 is 0 Å². The van der Waals surface area contributed by atoms with Gasteiger partial charge in [-0.15, -0.1) is 0 Å². The molecule has 0 aromatic carbocycles. The van der Waals surface area contributed by atoms with E-state index in [1.807, 2.05) is 0 Å². The highest BCUT2D eigenvalue weighted by atomic mass is 16.6. The van der Waals surface area contributed by atoms with Gasteiger partial charge in [-0.3, -0.25) is 9.59 Å². The van der Waals surface area contributed by atoms with Gasteiger partial charge in [-0.25, -0.2) is 0 Å². The van der Waals surface area contributed by atoms with Gasteiger partial charge in [0.1, 0.15) is 6.61 Å². The molecule has 0 aromatic rings. The van der Waals surface area contributed by atoms with E-state index in [-0.39, 0.29) is 25.2 Å². The van der Waals surface area contributed by atoms with Gasteiger partial charge in [0, 0.05) is 19.4 Å². The molecule has 0 bridgehead atoms. The van der Waals surface area contributed by atoms with Crippen molar-refractivity contribution in [3.05, 3.63) is 72.9 Å². The number of unbranched alkanes of at least 4 members (excludes halogenated alkanes) is 27. The molecule has 0 radical (unpaired) electrons. The zero-order chi connectivity index (χ0) is 46.3. The molecule has 5 heteroatoms. The van der Waals surface area contributed by atoms with Crippen molar-refractivity contribution in [2.24, 2.45) is 0 Å². The third-order valence-corrected chi connectivity index (χ3v) is 11.7. The summed E-state index contributed by atoms with van der Waals surface area (Å²) in [7, 11) is 0. The summed E-state index contributed by atoms with van der Waals surface area (Å²) < 4.78 is 17.4. The van der Waals surface area contributed by atoms with Crippen LogP contribution < -0.4 is 0 Å². The number of rotatable bonds is 50. The van der Waals surface area contributed by atoms with Crippen LogP contribution in [0.25, 0.3) is 0 Å². The largest absolute Gasteiger partial charge is 0.462 e. The third kappa shape index (κ3) is 52.0. The second kappa shape index (κ2) is 54.7. The molecule has 0 aliphatic rings. The molecular weight excluding hydrogens is 789 g/mol. The highest BCUT2D eigenvalue weighted by molar-refractivity contribution is 5.70. The average Bonchev–Trinajstić information content (AvgIpc) is 3.30. The molecule has 0 amide bonds. The summed E-state index contributed by atoms with van der Waals surface area (Å²) in [6.45, 7) is 7.68. The normalized spacial score (nSPS) is 12.7. The Kier molecular flexibility index (Phi) is 52.4. The van der Waals surface area contributed by atoms with Gasteiger partial charge in [0.2, 0.25) is 0 Å². The Morgan fingerprint density at radius 3 is 1.16 bits per heavy atom. The lowest BCUT2D eigenvalue weighted by Crippen LogP contribution is -2.30. The molecule has 0 spiro atoms.